The highest BCUT2D eigenvalue weighted by atomic mass is 16.2. The fourth-order valence-electron chi connectivity index (χ4n) is 2.21. The van der Waals surface area contributed by atoms with Gasteiger partial charge in [-0.1, -0.05) is 0 Å². The van der Waals surface area contributed by atoms with Crippen molar-refractivity contribution in [3.8, 4) is 0 Å². The Balaban J connectivity index is 1.93. The van der Waals surface area contributed by atoms with E-state index in [1.54, 1.807) is 55.5 Å². The van der Waals surface area contributed by atoms with E-state index in [-0.39, 0.29) is 17.6 Å². The van der Waals surface area contributed by atoms with Crippen LogP contribution in [0.2, 0.25) is 0 Å². The first kappa shape index (κ1) is 18.2. The summed E-state index contributed by atoms with van der Waals surface area (Å²) in [5.74, 6) is -0.346. The molecule has 0 aliphatic carbocycles. The van der Waals surface area contributed by atoms with Gasteiger partial charge in [0.05, 0.1) is 0 Å². The van der Waals surface area contributed by atoms with E-state index in [0.29, 0.717) is 16.9 Å². The van der Waals surface area contributed by atoms with Gasteiger partial charge in [0.15, 0.2) is 5.78 Å². The van der Waals surface area contributed by atoms with Crippen LogP contribution >= 0.6 is 0 Å². The summed E-state index contributed by atoms with van der Waals surface area (Å²) in [6, 6.07) is 13.4. The Hall–Kier alpha value is -3.15. The molecule has 2 amide bonds. The molecule has 130 valence electrons. The molecule has 0 heterocycles. The average molecular weight is 339 g/mol. The zero-order valence-corrected chi connectivity index (χ0v) is 14.4. The smallest absolute Gasteiger partial charge is 0.246 e. The Morgan fingerprint density at radius 3 is 1.76 bits per heavy atom. The first-order valence-corrected chi connectivity index (χ1v) is 7.91. The molecule has 0 saturated carbocycles. The molecule has 25 heavy (non-hydrogen) atoms. The molecular weight excluding hydrogens is 318 g/mol. The van der Waals surface area contributed by atoms with Gasteiger partial charge in [-0.15, -0.1) is 0 Å². The van der Waals surface area contributed by atoms with Gasteiger partial charge in [0, 0.05) is 29.5 Å². The number of amides is 2. The normalized spacial score (nSPS) is 11.3. The zero-order valence-electron chi connectivity index (χ0n) is 14.4. The number of ketones is 1. The first-order chi connectivity index (χ1) is 11.8. The van der Waals surface area contributed by atoms with Crippen molar-refractivity contribution < 1.29 is 14.4 Å². The molecule has 0 aromatic heterocycles. The molecule has 6 nitrogen and oxygen atoms in total. The Morgan fingerprint density at radius 1 is 0.760 bits per heavy atom. The molecule has 1 atom stereocenters. The van der Waals surface area contributed by atoms with E-state index in [1.165, 1.54) is 13.8 Å². The number of benzene rings is 2. The molecule has 2 aromatic rings. The summed E-state index contributed by atoms with van der Waals surface area (Å²) < 4.78 is 0. The lowest BCUT2D eigenvalue weighted by Gasteiger charge is -2.16. The summed E-state index contributed by atoms with van der Waals surface area (Å²) in [7, 11) is 0. The van der Waals surface area contributed by atoms with E-state index < -0.39 is 6.04 Å². The van der Waals surface area contributed by atoms with Crippen LogP contribution in [-0.2, 0) is 9.59 Å². The highest BCUT2D eigenvalue weighted by molar-refractivity contribution is 5.98. The predicted molar refractivity (Wildman–Crippen MR) is 98.9 cm³/mol. The average Bonchev–Trinajstić information content (AvgIpc) is 2.56. The zero-order chi connectivity index (χ0) is 18.4. The van der Waals surface area contributed by atoms with E-state index >= 15 is 0 Å². The second-order valence-corrected chi connectivity index (χ2v) is 5.75. The van der Waals surface area contributed by atoms with Crippen molar-refractivity contribution in [1.82, 2.24) is 0 Å². The van der Waals surface area contributed by atoms with Gasteiger partial charge in [-0.2, -0.15) is 0 Å². The van der Waals surface area contributed by atoms with Gasteiger partial charge >= 0.3 is 0 Å². The predicted octanol–water partition coefficient (Wildman–Crippen LogP) is 3.29. The van der Waals surface area contributed by atoms with Crippen LogP contribution in [0, 0.1) is 0 Å². The first-order valence-electron chi connectivity index (χ1n) is 7.91. The van der Waals surface area contributed by atoms with E-state index in [4.69, 9.17) is 0 Å². The number of hydrogen-bond donors (Lipinski definition) is 3. The molecule has 2 rings (SSSR count). The lowest BCUT2D eigenvalue weighted by Crippen LogP contribution is -2.31. The van der Waals surface area contributed by atoms with E-state index in [1.807, 2.05) is 0 Å². The molecule has 0 radical (unpaired) electrons. The van der Waals surface area contributed by atoms with Crippen LogP contribution in [0.25, 0.3) is 0 Å². The van der Waals surface area contributed by atoms with Crippen LogP contribution in [0.5, 0.6) is 0 Å². The number of hydrogen-bond acceptors (Lipinski definition) is 4. The SMILES string of the molecule is CC(=O)Nc1ccc(N[C@@H](C)C(=O)Nc2ccc(C(C)=O)cc2)cc1. The number of rotatable bonds is 6. The van der Waals surface area contributed by atoms with Crippen LogP contribution < -0.4 is 16.0 Å². The largest absolute Gasteiger partial charge is 0.374 e. The minimum absolute atomic E-state index is 0.0179. The highest BCUT2D eigenvalue weighted by Gasteiger charge is 2.13. The van der Waals surface area contributed by atoms with Gasteiger partial charge < -0.3 is 16.0 Å². The minimum Gasteiger partial charge on any atom is -0.374 e. The quantitative estimate of drug-likeness (QED) is 0.705. The van der Waals surface area contributed by atoms with Crippen molar-refractivity contribution in [3.05, 3.63) is 54.1 Å². The molecule has 0 saturated heterocycles. The van der Waals surface area contributed by atoms with Crippen molar-refractivity contribution in [2.45, 2.75) is 26.8 Å². The third-order valence-corrected chi connectivity index (χ3v) is 3.54. The molecule has 0 aliphatic heterocycles. The van der Waals surface area contributed by atoms with Gasteiger partial charge in [0.1, 0.15) is 6.04 Å². The summed E-state index contributed by atoms with van der Waals surface area (Å²) in [4.78, 5) is 34.5. The van der Waals surface area contributed by atoms with Crippen LogP contribution in [-0.4, -0.2) is 23.6 Å². The summed E-state index contributed by atoms with van der Waals surface area (Å²) in [5, 5.41) is 8.57. The topological polar surface area (TPSA) is 87.3 Å². The highest BCUT2D eigenvalue weighted by Crippen LogP contribution is 2.15. The number of carbonyl (C=O) groups is 3. The second-order valence-electron chi connectivity index (χ2n) is 5.75. The van der Waals surface area contributed by atoms with Crippen LogP contribution in [0.4, 0.5) is 17.1 Å². The van der Waals surface area contributed by atoms with Gasteiger partial charge in [-0.25, -0.2) is 0 Å². The molecule has 0 unspecified atom stereocenters. The van der Waals surface area contributed by atoms with E-state index in [2.05, 4.69) is 16.0 Å². The lowest BCUT2D eigenvalue weighted by molar-refractivity contribution is -0.116. The van der Waals surface area contributed by atoms with Crippen LogP contribution in [0.1, 0.15) is 31.1 Å². The molecule has 0 fully saturated rings. The number of nitrogens with one attached hydrogen (secondary N) is 3. The second kappa shape index (κ2) is 8.10. The van der Waals surface area contributed by atoms with Crippen molar-refractivity contribution in [3.63, 3.8) is 0 Å². The lowest BCUT2D eigenvalue weighted by atomic mass is 10.1. The van der Waals surface area contributed by atoms with Crippen molar-refractivity contribution in [1.29, 1.82) is 0 Å². The third kappa shape index (κ3) is 5.46. The van der Waals surface area contributed by atoms with Gasteiger partial charge in [0.25, 0.3) is 0 Å². The number of carbonyl (C=O) groups excluding carboxylic acids is 3. The molecule has 6 heteroatoms. The fourth-order valence-corrected chi connectivity index (χ4v) is 2.21. The Morgan fingerprint density at radius 2 is 1.24 bits per heavy atom. The standard InChI is InChI=1S/C19H21N3O3/c1-12(20-16-8-10-17(11-9-16)21-14(3)24)19(25)22-18-6-4-15(5-7-18)13(2)23/h4-12,20H,1-3H3,(H,21,24)(H,22,25)/t12-/m0/s1. The maximum atomic E-state index is 12.3. The monoisotopic (exact) mass is 339 g/mol. The minimum atomic E-state index is -0.459. The van der Waals surface area contributed by atoms with E-state index in [0.717, 1.165) is 5.69 Å². The molecule has 0 aliphatic rings. The third-order valence-electron chi connectivity index (χ3n) is 3.54. The Labute approximate surface area is 146 Å². The molecule has 0 spiro atoms. The van der Waals surface area contributed by atoms with Gasteiger partial charge in [0.2, 0.25) is 11.8 Å². The number of anilines is 3. The van der Waals surface area contributed by atoms with E-state index in [9.17, 15) is 14.4 Å². The fraction of sp³-hybridized carbons (Fsp3) is 0.211. The summed E-state index contributed by atoms with van der Waals surface area (Å²) >= 11 is 0. The van der Waals surface area contributed by atoms with Gasteiger partial charge in [-0.3, -0.25) is 14.4 Å². The maximum absolute atomic E-state index is 12.3. The summed E-state index contributed by atoms with van der Waals surface area (Å²) in [6.45, 7) is 4.69. The maximum Gasteiger partial charge on any atom is 0.246 e. The van der Waals surface area contributed by atoms with Crippen LogP contribution in [0.15, 0.2) is 48.5 Å². The van der Waals surface area contributed by atoms with Crippen LogP contribution in [0.3, 0.4) is 0 Å². The Kier molecular flexibility index (Phi) is 5.89. The number of Topliss-reactive ketones (excluding diaryl/α,β-unsaturated/α-hetero) is 1. The summed E-state index contributed by atoms with van der Waals surface area (Å²) in [6.07, 6.45) is 0. The summed E-state index contributed by atoms with van der Waals surface area (Å²) in [5.41, 5.74) is 2.69. The molecule has 2 aromatic carbocycles. The van der Waals surface area contributed by atoms with Crippen molar-refractivity contribution >= 4 is 34.7 Å². The van der Waals surface area contributed by atoms with Gasteiger partial charge in [-0.05, 0) is 62.4 Å². The molecule has 0 bridgehead atoms. The Bertz CT molecular complexity index is 768. The molecule has 3 N–H and O–H groups in total. The van der Waals surface area contributed by atoms with Crippen molar-refractivity contribution in [2.75, 3.05) is 16.0 Å². The van der Waals surface area contributed by atoms with Crippen molar-refractivity contribution in [2.24, 2.45) is 0 Å². The molecular formula is C19H21N3O3.